The molecule has 0 aliphatic heterocycles. The fourth-order valence-corrected chi connectivity index (χ4v) is 0.816. The van der Waals surface area contributed by atoms with Crippen molar-refractivity contribution in [1.82, 2.24) is 0 Å². The fraction of sp³-hybridized carbons (Fsp3) is 0.333. The zero-order valence-electron chi connectivity index (χ0n) is 9.32. The minimum Gasteiger partial charge on any atom is -0.465 e. The lowest BCUT2D eigenvalue weighted by Gasteiger charge is -1.97. The number of hydrogen-bond acceptors (Lipinski definition) is 3. The van der Waals surface area contributed by atoms with Crippen LogP contribution in [0.25, 0.3) is 0 Å². The summed E-state index contributed by atoms with van der Waals surface area (Å²) in [5.41, 5.74) is 0.991. The van der Waals surface area contributed by atoms with E-state index in [1.807, 2.05) is 0 Å². The van der Waals surface area contributed by atoms with E-state index >= 15 is 0 Å². The van der Waals surface area contributed by atoms with Crippen molar-refractivity contribution in [2.45, 2.75) is 20.3 Å². The number of aldehydes is 1. The van der Waals surface area contributed by atoms with E-state index < -0.39 is 5.97 Å². The Hall–Kier alpha value is -1.64. The second kappa shape index (κ2) is 7.74. The molecule has 0 amide bonds. The molecule has 0 aromatic heterocycles. The minimum atomic E-state index is -0.396. The van der Waals surface area contributed by atoms with Gasteiger partial charge in [0.05, 0.1) is 12.7 Å². The number of esters is 1. The number of carbonyl (C=O) groups is 2. The molecule has 0 radical (unpaired) electrons. The summed E-state index contributed by atoms with van der Waals surface area (Å²) in [6.45, 7) is 4.25. The van der Waals surface area contributed by atoms with Gasteiger partial charge in [-0.15, -0.1) is 0 Å². The van der Waals surface area contributed by atoms with Gasteiger partial charge in [0.25, 0.3) is 0 Å². The second-order valence-electron chi connectivity index (χ2n) is 2.94. The van der Waals surface area contributed by atoms with Crippen LogP contribution >= 0.6 is 0 Å². The average molecular weight is 208 g/mol. The van der Waals surface area contributed by atoms with Crippen LogP contribution in [0.1, 0.15) is 41.0 Å². The van der Waals surface area contributed by atoms with Gasteiger partial charge in [0, 0.05) is 5.56 Å². The third-order valence-electron chi connectivity index (χ3n) is 1.47. The molecule has 1 aromatic carbocycles. The Morgan fingerprint density at radius 3 is 2.07 bits per heavy atom. The van der Waals surface area contributed by atoms with Gasteiger partial charge in [-0.2, -0.15) is 0 Å². The number of benzene rings is 1. The van der Waals surface area contributed by atoms with E-state index in [0.717, 1.165) is 6.29 Å². The van der Waals surface area contributed by atoms with E-state index in [0.29, 0.717) is 11.1 Å². The Morgan fingerprint density at radius 1 is 1.27 bits per heavy atom. The topological polar surface area (TPSA) is 43.4 Å². The summed E-state index contributed by atoms with van der Waals surface area (Å²) in [6.07, 6.45) is 1.97. The van der Waals surface area contributed by atoms with Gasteiger partial charge in [-0.25, -0.2) is 4.79 Å². The highest BCUT2D eigenvalue weighted by molar-refractivity contribution is 5.90. The van der Waals surface area contributed by atoms with Gasteiger partial charge in [-0.3, -0.25) is 4.79 Å². The normalized spacial score (nSPS) is 8.47. The zero-order valence-corrected chi connectivity index (χ0v) is 9.32. The lowest BCUT2D eigenvalue weighted by atomic mass is 10.1. The highest BCUT2D eigenvalue weighted by Gasteiger charge is 2.02. The van der Waals surface area contributed by atoms with Crippen LogP contribution in [0.4, 0.5) is 0 Å². The van der Waals surface area contributed by atoms with Gasteiger partial charge in [0.15, 0.2) is 0 Å². The van der Waals surface area contributed by atoms with Crippen molar-refractivity contribution >= 4 is 12.3 Å². The van der Waals surface area contributed by atoms with Crippen LogP contribution in [-0.2, 0) is 4.74 Å². The van der Waals surface area contributed by atoms with E-state index in [1.165, 1.54) is 13.5 Å². The van der Waals surface area contributed by atoms with Crippen molar-refractivity contribution < 1.29 is 14.3 Å². The Kier molecular flexibility index (Phi) is 6.89. The van der Waals surface area contributed by atoms with Gasteiger partial charge in [0.1, 0.15) is 6.29 Å². The Balaban J connectivity index is 0.000000583. The van der Waals surface area contributed by atoms with E-state index in [-0.39, 0.29) is 0 Å². The number of ether oxygens (including phenoxy) is 1. The molecule has 0 atom stereocenters. The van der Waals surface area contributed by atoms with Crippen molar-refractivity contribution in [3.8, 4) is 0 Å². The van der Waals surface area contributed by atoms with Crippen molar-refractivity contribution in [3.63, 3.8) is 0 Å². The predicted molar refractivity (Wildman–Crippen MR) is 59.1 cm³/mol. The summed E-state index contributed by atoms with van der Waals surface area (Å²) in [5.74, 6) is -0.396. The van der Waals surface area contributed by atoms with Gasteiger partial charge in [-0.05, 0) is 12.1 Å². The van der Waals surface area contributed by atoms with E-state index in [1.54, 1.807) is 24.3 Å². The SMILES string of the molecule is CCC.COC(=O)c1ccc(C=O)cc1. The van der Waals surface area contributed by atoms with Crippen molar-refractivity contribution in [3.05, 3.63) is 35.4 Å². The number of carbonyl (C=O) groups excluding carboxylic acids is 2. The van der Waals surface area contributed by atoms with Crippen molar-refractivity contribution in [1.29, 1.82) is 0 Å². The lowest BCUT2D eigenvalue weighted by molar-refractivity contribution is 0.0600. The summed E-state index contributed by atoms with van der Waals surface area (Å²) >= 11 is 0. The third kappa shape index (κ3) is 4.96. The second-order valence-corrected chi connectivity index (χ2v) is 2.94. The van der Waals surface area contributed by atoms with Gasteiger partial charge in [-0.1, -0.05) is 32.4 Å². The molecule has 82 valence electrons. The molecule has 0 heterocycles. The smallest absolute Gasteiger partial charge is 0.337 e. The van der Waals surface area contributed by atoms with Crippen LogP contribution in [0.3, 0.4) is 0 Å². The fourth-order valence-electron chi connectivity index (χ4n) is 0.816. The van der Waals surface area contributed by atoms with Crippen molar-refractivity contribution in [2.75, 3.05) is 7.11 Å². The minimum absolute atomic E-state index is 0.396. The van der Waals surface area contributed by atoms with Crippen molar-refractivity contribution in [2.24, 2.45) is 0 Å². The molecule has 0 saturated carbocycles. The van der Waals surface area contributed by atoms with E-state index in [4.69, 9.17) is 0 Å². The molecule has 3 nitrogen and oxygen atoms in total. The first-order chi connectivity index (χ1) is 7.19. The van der Waals surface area contributed by atoms with Crippen LogP contribution in [-0.4, -0.2) is 19.4 Å². The van der Waals surface area contributed by atoms with E-state index in [2.05, 4.69) is 18.6 Å². The molecule has 0 saturated heterocycles. The van der Waals surface area contributed by atoms with Crippen LogP contribution in [0.5, 0.6) is 0 Å². The molecule has 1 aromatic rings. The molecule has 15 heavy (non-hydrogen) atoms. The maximum Gasteiger partial charge on any atom is 0.337 e. The quantitative estimate of drug-likeness (QED) is 0.554. The molecular formula is C12H16O3. The maximum absolute atomic E-state index is 10.9. The van der Waals surface area contributed by atoms with E-state index in [9.17, 15) is 9.59 Å². The molecule has 0 spiro atoms. The molecule has 0 fully saturated rings. The third-order valence-corrected chi connectivity index (χ3v) is 1.47. The molecule has 3 heteroatoms. The average Bonchev–Trinajstić information content (AvgIpc) is 2.29. The largest absolute Gasteiger partial charge is 0.465 e. The number of methoxy groups -OCH3 is 1. The monoisotopic (exact) mass is 208 g/mol. The Labute approximate surface area is 90.1 Å². The van der Waals surface area contributed by atoms with Crippen LogP contribution in [0, 0.1) is 0 Å². The Bertz CT molecular complexity index is 301. The first kappa shape index (κ1) is 13.4. The number of hydrogen-bond donors (Lipinski definition) is 0. The molecule has 0 bridgehead atoms. The first-order valence-corrected chi connectivity index (χ1v) is 4.83. The van der Waals surface area contributed by atoms with Gasteiger partial charge >= 0.3 is 5.97 Å². The zero-order chi connectivity index (χ0) is 11.7. The molecule has 0 aliphatic rings. The van der Waals surface area contributed by atoms with Crippen LogP contribution < -0.4 is 0 Å². The highest BCUT2D eigenvalue weighted by Crippen LogP contribution is 2.03. The van der Waals surface area contributed by atoms with Gasteiger partial charge in [0.2, 0.25) is 0 Å². The predicted octanol–water partition coefficient (Wildman–Crippen LogP) is 2.70. The molecular weight excluding hydrogens is 192 g/mol. The summed E-state index contributed by atoms with van der Waals surface area (Å²) < 4.78 is 4.48. The van der Waals surface area contributed by atoms with Crippen LogP contribution in [0.2, 0.25) is 0 Å². The number of rotatable bonds is 2. The summed E-state index contributed by atoms with van der Waals surface area (Å²) in [4.78, 5) is 21.1. The van der Waals surface area contributed by atoms with Crippen LogP contribution in [0.15, 0.2) is 24.3 Å². The summed E-state index contributed by atoms with van der Waals surface area (Å²) in [5, 5.41) is 0. The van der Waals surface area contributed by atoms with Gasteiger partial charge < -0.3 is 4.74 Å². The summed E-state index contributed by atoms with van der Waals surface area (Å²) in [7, 11) is 1.32. The lowest BCUT2D eigenvalue weighted by Crippen LogP contribution is -2.00. The Morgan fingerprint density at radius 2 is 1.73 bits per heavy atom. The molecule has 0 unspecified atom stereocenters. The summed E-state index contributed by atoms with van der Waals surface area (Å²) in [6, 6.07) is 6.24. The molecule has 0 aliphatic carbocycles. The molecule has 0 N–H and O–H groups in total. The first-order valence-electron chi connectivity index (χ1n) is 4.83. The highest BCUT2D eigenvalue weighted by atomic mass is 16.5. The standard InChI is InChI=1S/C9H8O3.C3H8/c1-12-9(11)8-4-2-7(6-10)3-5-8;1-3-2/h2-6H,1H3;3H2,1-2H3. The molecule has 1 rings (SSSR count). The maximum atomic E-state index is 10.9.